The van der Waals surface area contributed by atoms with E-state index in [2.05, 4.69) is 13.8 Å². The molecule has 0 bridgehead atoms. The van der Waals surface area contributed by atoms with E-state index < -0.39 is 0 Å². The van der Waals surface area contributed by atoms with Crippen molar-refractivity contribution in [2.45, 2.75) is 220 Å². The van der Waals surface area contributed by atoms with E-state index in [1.165, 1.54) is 176 Å². The first-order valence-corrected chi connectivity index (χ1v) is 22.7. The number of benzene rings is 1. The lowest BCUT2D eigenvalue weighted by Crippen LogP contribution is -2.33. The lowest BCUT2D eigenvalue weighted by atomic mass is 10.0. The summed E-state index contributed by atoms with van der Waals surface area (Å²) in [5.41, 5.74) is 2.76. The molecule has 2 heterocycles. The normalized spacial score (nSPS) is 14.6. The standard InChI is InChI=1S/C48H76N2O4/c1-3-5-7-9-11-13-15-17-19-21-23-25-27-29-33-41-37-45(51)49(47(41)53)39-43-35-31-32-36-44(43)40-50-46(52)38-42(48(50)54)34-30-28-26-24-22-20-18-16-14-12-10-8-6-4-2/h31-32,35-38H,3-30,33-34,39-40H2,1-2H3. The molecule has 0 saturated heterocycles. The highest BCUT2D eigenvalue weighted by molar-refractivity contribution is 6.16. The minimum absolute atomic E-state index is 0.141. The molecule has 0 saturated carbocycles. The summed E-state index contributed by atoms with van der Waals surface area (Å²) in [5, 5.41) is 0. The topological polar surface area (TPSA) is 74.8 Å². The predicted molar refractivity (Wildman–Crippen MR) is 224 cm³/mol. The van der Waals surface area contributed by atoms with Gasteiger partial charge >= 0.3 is 0 Å². The van der Waals surface area contributed by atoms with Crippen LogP contribution >= 0.6 is 0 Å². The number of carbonyl (C=O) groups is 4. The molecule has 6 heteroatoms. The Labute approximate surface area is 330 Å². The van der Waals surface area contributed by atoms with Gasteiger partial charge in [0.25, 0.3) is 23.6 Å². The molecule has 302 valence electrons. The molecular formula is C48H76N2O4. The zero-order valence-corrected chi connectivity index (χ0v) is 34.6. The second-order valence-corrected chi connectivity index (χ2v) is 16.3. The molecule has 1 aromatic rings. The van der Waals surface area contributed by atoms with Gasteiger partial charge in [0.1, 0.15) is 0 Å². The van der Waals surface area contributed by atoms with Gasteiger partial charge in [-0.3, -0.25) is 29.0 Å². The fourth-order valence-corrected chi connectivity index (χ4v) is 8.01. The van der Waals surface area contributed by atoms with Crippen molar-refractivity contribution in [1.82, 2.24) is 9.80 Å². The Bertz CT molecular complexity index is 1210. The van der Waals surface area contributed by atoms with Crippen molar-refractivity contribution < 1.29 is 19.2 Å². The van der Waals surface area contributed by atoms with Gasteiger partial charge in [-0.25, -0.2) is 0 Å². The van der Waals surface area contributed by atoms with Gasteiger partial charge in [0.05, 0.1) is 13.1 Å². The molecular weight excluding hydrogens is 669 g/mol. The Balaban J connectivity index is 1.29. The summed E-state index contributed by atoms with van der Waals surface area (Å²) in [6.07, 6.45) is 40.2. The molecule has 4 amide bonds. The van der Waals surface area contributed by atoms with Gasteiger partial charge in [0.2, 0.25) is 0 Å². The number of nitrogens with zero attached hydrogens (tertiary/aromatic N) is 2. The molecule has 0 atom stereocenters. The van der Waals surface area contributed by atoms with Crippen molar-refractivity contribution in [3.05, 3.63) is 58.7 Å². The summed E-state index contributed by atoms with van der Waals surface area (Å²) < 4.78 is 0. The lowest BCUT2D eigenvalue weighted by Gasteiger charge is -2.20. The summed E-state index contributed by atoms with van der Waals surface area (Å²) in [6, 6.07) is 7.52. The molecule has 0 spiro atoms. The maximum atomic E-state index is 13.3. The Morgan fingerprint density at radius 3 is 0.907 bits per heavy atom. The largest absolute Gasteiger partial charge is 0.271 e. The summed E-state index contributed by atoms with van der Waals surface area (Å²) in [6.45, 7) is 4.81. The third-order valence-electron chi connectivity index (χ3n) is 11.5. The van der Waals surface area contributed by atoms with E-state index in [1.54, 1.807) is 0 Å². The maximum absolute atomic E-state index is 13.3. The van der Waals surface area contributed by atoms with Crippen LogP contribution in [0.4, 0.5) is 0 Å². The van der Waals surface area contributed by atoms with Crippen LogP contribution in [-0.4, -0.2) is 33.4 Å². The Hall–Kier alpha value is -3.02. The first-order valence-electron chi connectivity index (χ1n) is 22.7. The number of rotatable bonds is 34. The number of amides is 4. The predicted octanol–water partition coefficient (Wildman–Crippen LogP) is 13.0. The van der Waals surface area contributed by atoms with E-state index in [1.807, 2.05) is 24.3 Å². The van der Waals surface area contributed by atoms with Crippen LogP contribution in [0.5, 0.6) is 0 Å². The monoisotopic (exact) mass is 745 g/mol. The molecule has 2 aliphatic heterocycles. The molecule has 0 aromatic heterocycles. The molecule has 3 rings (SSSR count). The van der Waals surface area contributed by atoms with E-state index in [0.29, 0.717) is 24.0 Å². The number of hydrogen-bond acceptors (Lipinski definition) is 4. The van der Waals surface area contributed by atoms with Crippen molar-refractivity contribution in [3.63, 3.8) is 0 Å². The van der Waals surface area contributed by atoms with Crippen LogP contribution in [0.15, 0.2) is 47.6 Å². The highest BCUT2D eigenvalue weighted by Crippen LogP contribution is 2.26. The average Bonchev–Trinajstić information content (AvgIpc) is 3.59. The second kappa shape index (κ2) is 28.4. The minimum atomic E-state index is -0.277. The quantitative estimate of drug-likeness (QED) is 0.0520. The van der Waals surface area contributed by atoms with Gasteiger partial charge in [-0.2, -0.15) is 0 Å². The molecule has 54 heavy (non-hydrogen) atoms. The third-order valence-corrected chi connectivity index (χ3v) is 11.5. The van der Waals surface area contributed by atoms with Gasteiger partial charge in [-0.15, -0.1) is 0 Å². The Kier molecular flexibility index (Phi) is 23.9. The number of imide groups is 2. The van der Waals surface area contributed by atoms with Crippen molar-refractivity contribution in [3.8, 4) is 0 Å². The van der Waals surface area contributed by atoms with E-state index in [0.717, 1.165) is 36.8 Å². The van der Waals surface area contributed by atoms with Crippen LogP contribution < -0.4 is 0 Å². The van der Waals surface area contributed by atoms with Gasteiger partial charge in [0, 0.05) is 23.3 Å². The maximum Gasteiger partial charge on any atom is 0.257 e. The van der Waals surface area contributed by atoms with Gasteiger partial charge in [0.15, 0.2) is 0 Å². The Morgan fingerprint density at radius 2 is 0.630 bits per heavy atom. The summed E-state index contributed by atoms with van der Waals surface area (Å²) in [7, 11) is 0. The first kappa shape index (κ1) is 45.4. The number of hydrogen-bond donors (Lipinski definition) is 0. The van der Waals surface area contributed by atoms with Crippen molar-refractivity contribution in [2.75, 3.05) is 0 Å². The van der Waals surface area contributed by atoms with E-state index in [-0.39, 0.29) is 36.7 Å². The van der Waals surface area contributed by atoms with Gasteiger partial charge in [-0.1, -0.05) is 205 Å². The summed E-state index contributed by atoms with van der Waals surface area (Å²) in [5.74, 6) is -0.980. The highest BCUT2D eigenvalue weighted by atomic mass is 16.2. The lowest BCUT2D eigenvalue weighted by molar-refractivity contribution is -0.139. The molecule has 0 radical (unpaired) electrons. The molecule has 2 aliphatic rings. The van der Waals surface area contributed by atoms with Gasteiger partial charge < -0.3 is 0 Å². The van der Waals surface area contributed by atoms with Crippen molar-refractivity contribution in [2.24, 2.45) is 0 Å². The summed E-state index contributed by atoms with van der Waals surface area (Å²) >= 11 is 0. The van der Waals surface area contributed by atoms with Crippen LogP contribution in [0.25, 0.3) is 0 Å². The molecule has 0 fully saturated rings. The summed E-state index contributed by atoms with van der Waals surface area (Å²) in [4.78, 5) is 55.0. The second-order valence-electron chi connectivity index (χ2n) is 16.3. The van der Waals surface area contributed by atoms with E-state index in [9.17, 15) is 19.2 Å². The average molecular weight is 745 g/mol. The zero-order valence-electron chi connectivity index (χ0n) is 34.6. The number of unbranched alkanes of at least 4 members (excludes halogenated alkanes) is 26. The smallest absolute Gasteiger partial charge is 0.257 e. The molecule has 0 unspecified atom stereocenters. The zero-order chi connectivity index (χ0) is 38.6. The van der Waals surface area contributed by atoms with E-state index in [4.69, 9.17) is 0 Å². The SMILES string of the molecule is CCCCCCCCCCCCCCCCC1=CC(=O)N(Cc2ccccc2CN2C(=O)C=C(CCCCCCCCCCCCCCCC)C2=O)C1=O. The molecule has 1 aromatic carbocycles. The minimum Gasteiger partial charge on any atom is -0.271 e. The third kappa shape index (κ3) is 17.6. The molecule has 0 aliphatic carbocycles. The fraction of sp³-hybridized carbons (Fsp3) is 0.708. The highest BCUT2D eigenvalue weighted by Gasteiger charge is 2.33. The van der Waals surface area contributed by atoms with Crippen LogP contribution in [-0.2, 0) is 32.3 Å². The van der Waals surface area contributed by atoms with Crippen LogP contribution in [0.3, 0.4) is 0 Å². The van der Waals surface area contributed by atoms with Crippen LogP contribution in [0, 0.1) is 0 Å². The Morgan fingerprint density at radius 1 is 0.370 bits per heavy atom. The molecule has 0 N–H and O–H groups in total. The molecule has 6 nitrogen and oxygen atoms in total. The van der Waals surface area contributed by atoms with Crippen molar-refractivity contribution >= 4 is 23.6 Å². The fourth-order valence-electron chi connectivity index (χ4n) is 8.01. The van der Waals surface area contributed by atoms with Gasteiger partial charge in [-0.05, 0) is 36.8 Å². The van der Waals surface area contributed by atoms with E-state index >= 15 is 0 Å². The first-order chi connectivity index (χ1) is 26.5. The number of carbonyl (C=O) groups excluding carboxylic acids is 4. The van der Waals surface area contributed by atoms with Crippen LogP contribution in [0.2, 0.25) is 0 Å². The van der Waals surface area contributed by atoms with Crippen LogP contribution in [0.1, 0.15) is 218 Å². The van der Waals surface area contributed by atoms with Crippen molar-refractivity contribution in [1.29, 1.82) is 0 Å².